The average Bonchev–Trinajstić information content (AvgIpc) is 2.65. The summed E-state index contributed by atoms with van der Waals surface area (Å²) in [5.41, 5.74) is -0.658. The van der Waals surface area contributed by atoms with Crippen molar-refractivity contribution in [2.75, 3.05) is 32.7 Å². The molecular weight excluding hydrogens is 388 g/mol. The Kier molecular flexibility index (Phi) is 6.16. The summed E-state index contributed by atoms with van der Waals surface area (Å²) in [5.74, 6) is 0.750. The average molecular weight is 425 g/mol. The molecule has 2 amide bonds. The number of piperidine rings is 1. The van der Waals surface area contributed by atoms with E-state index in [2.05, 4.69) is 17.1 Å². The minimum Gasteiger partial charge on any atom is -0.329 e. The number of halogens is 1. The van der Waals surface area contributed by atoms with E-state index in [4.69, 9.17) is 11.6 Å². The molecule has 2 unspecified atom stereocenters. The third-order valence-electron chi connectivity index (χ3n) is 7.74. The minimum absolute atomic E-state index is 0.0569. The summed E-state index contributed by atoms with van der Waals surface area (Å²) in [4.78, 5) is 33.0. The zero-order valence-corrected chi connectivity index (χ0v) is 19.0. The van der Waals surface area contributed by atoms with E-state index in [-0.39, 0.29) is 29.8 Å². The summed E-state index contributed by atoms with van der Waals surface area (Å²) in [5, 5.41) is 3.84. The molecule has 7 heteroatoms. The predicted octanol–water partition coefficient (Wildman–Crippen LogP) is 2.06. The number of hydrogen-bond donors (Lipinski definition) is 1. The SMILES string of the molecule is CC1NCCCC1N1CC2(C1)C(=O)N(C(C)C)CC(=O)N2CC1CCC(Cl)CC1. The molecule has 29 heavy (non-hydrogen) atoms. The van der Waals surface area contributed by atoms with E-state index in [1.54, 1.807) is 4.90 Å². The van der Waals surface area contributed by atoms with Gasteiger partial charge in [-0.3, -0.25) is 14.5 Å². The fraction of sp³-hybridized carbons (Fsp3) is 0.909. The zero-order chi connectivity index (χ0) is 20.8. The molecule has 4 fully saturated rings. The number of likely N-dealkylation sites (tertiary alicyclic amines) is 1. The van der Waals surface area contributed by atoms with Gasteiger partial charge in [0.25, 0.3) is 5.91 Å². The van der Waals surface area contributed by atoms with Gasteiger partial charge in [0, 0.05) is 43.1 Å². The Bertz CT molecular complexity index is 628. The van der Waals surface area contributed by atoms with Gasteiger partial charge in [0.2, 0.25) is 5.91 Å². The molecule has 1 spiro atoms. The normalized spacial score (nSPS) is 36.0. The van der Waals surface area contributed by atoms with Gasteiger partial charge in [0.1, 0.15) is 12.1 Å². The molecule has 3 saturated heterocycles. The number of nitrogens with zero attached hydrogens (tertiary/aromatic N) is 3. The lowest BCUT2D eigenvalue weighted by molar-refractivity contribution is -0.185. The molecule has 0 aromatic rings. The third kappa shape index (κ3) is 3.92. The second-order valence-electron chi connectivity index (χ2n) is 10.0. The van der Waals surface area contributed by atoms with Gasteiger partial charge in [-0.2, -0.15) is 0 Å². The van der Waals surface area contributed by atoms with Crippen LogP contribution in [0.25, 0.3) is 0 Å². The van der Waals surface area contributed by atoms with Crippen LogP contribution in [0.2, 0.25) is 0 Å². The van der Waals surface area contributed by atoms with Crippen LogP contribution in [0.4, 0.5) is 0 Å². The first kappa shape index (κ1) is 21.4. The number of carbonyl (C=O) groups excluding carboxylic acids is 2. The van der Waals surface area contributed by atoms with E-state index in [0.717, 1.165) is 32.2 Å². The molecule has 3 heterocycles. The number of rotatable bonds is 4. The maximum Gasteiger partial charge on any atom is 0.251 e. The molecular formula is C22H37ClN4O2. The maximum absolute atomic E-state index is 13.6. The molecule has 0 bridgehead atoms. The monoisotopic (exact) mass is 424 g/mol. The van der Waals surface area contributed by atoms with Crippen molar-refractivity contribution in [1.82, 2.24) is 20.0 Å². The molecule has 164 valence electrons. The third-order valence-corrected chi connectivity index (χ3v) is 8.18. The number of alkyl halides is 1. The Balaban J connectivity index is 1.52. The Morgan fingerprint density at radius 1 is 1.14 bits per heavy atom. The fourth-order valence-electron chi connectivity index (χ4n) is 5.87. The fourth-order valence-corrected chi connectivity index (χ4v) is 6.12. The quantitative estimate of drug-likeness (QED) is 0.702. The largest absolute Gasteiger partial charge is 0.329 e. The standard InChI is InChI=1S/C22H37ClN4O2/c1-15(2)26-12-20(28)27(11-17-6-8-18(23)9-7-17)22(21(26)29)13-25(14-22)19-5-4-10-24-16(19)3/h15-19,24H,4-14H2,1-3H3. The maximum atomic E-state index is 13.6. The van der Waals surface area contributed by atoms with Crippen molar-refractivity contribution in [3.8, 4) is 0 Å². The Morgan fingerprint density at radius 2 is 1.83 bits per heavy atom. The lowest BCUT2D eigenvalue weighted by Crippen LogP contribution is -2.83. The van der Waals surface area contributed by atoms with E-state index in [0.29, 0.717) is 37.6 Å². The molecule has 0 aromatic carbocycles. The highest BCUT2D eigenvalue weighted by atomic mass is 35.5. The van der Waals surface area contributed by atoms with Crippen molar-refractivity contribution in [3.05, 3.63) is 0 Å². The van der Waals surface area contributed by atoms with E-state index in [1.165, 1.54) is 12.8 Å². The Hall–Kier alpha value is -0.850. The second-order valence-corrected chi connectivity index (χ2v) is 10.7. The van der Waals surface area contributed by atoms with Gasteiger partial charge in [-0.25, -0.2) is 0 Å². The van der Waals surface area contributed by atoms with Gasteiger partial charge in [-0.05, 0) is 71.8 Å². The topological polar surface area (TPSA) is 55.9 Å². The van der Waals surface area contributed by atoms with Crippen LogP contribution in [0, 0.1) is 5.92 Å². The first-order valence-electron chi connectivity index (χ1n) is 11.5. The van der Waals surface area contributed by atoms with Gasteiger partial charge in [-0.1, -0.05) is 0 Å². The van der Waals surface area contributed by atoms with Crippen LogP contribution < -0.4 is 5.32 Å². The van der Waals surface area contributed by atoms with Gasteiger partial charge < -0.3 is 15.1 Å². The summed E-state index contributed by atoms with van der Waals surface area (Å²) >= 11 is 6.29. The van der Waals surface area contributed by atoms with Crippen LogP contribution in [0.1, 0.15) is 59.3 Å². The molecule has 6 nitrogen and oxygen atoms in total. The van der Waals surface area contributed by atoms with Crippen LogP contribution in [-0.4, -0.2) is 88.3 Å². The summed E-state index contributed by atoms with van der Waals surface area (Å²) < 4.78 is 0. The Labute approximate surface area is 180 Å². The molecule has 0 radical (unpaired) electrons. The van der Waals surface area contributed by atoms with Crippen LogP contribution in [0.15, 0.2) is 0 Å². The van der Waals surface area contributed by atoms with Crippen molar-refractivity contribution in [2.45, 2.75) is 88.3 Å². The van der Waals surface area contributed by atoms with Crippen LogP contribution in [-0.2, 0) is 9.59 Å². The van der Waals surface area contributed by atoms with Gasteiger partial charge in [0.05, 0.1) is 0 Å². The zero-order valence-electron chi connectivity index (χ0n) is 18.2. The van der Waals surface area contributed by atoms with Crippen LogP contribution in [0.5, 0.6) is 0 Å². The second kappa shape index (κ2) is 8.35. The summed E-state index contributed by atoms with van der Waals surface area (Å²) in [7, 11) is 0. The Morgan fingerprint density at radius 3 is 2.45 bits per heavy atom. The minimum atomic E-state index is -0.658. The van der Waals surface area contributed by atoms with Crippen molar-refractivity contribution < 1.29 is 9.59 Å². The van der Waals surface area contributed by atoms with Crippen LogP contribution in [0.3, 0.4) is 0 Å². The number of piperazine rings is 1. The number of amides is 2. The molecule has 1 aliphatic carbocycles. The first-order valence-corrected chi connectivity index (χ1v) is 12.0. The summed E-state index contributed by atoms with van der Waals surface area (Å²) in [6.45, 7) is 9.65. The highest BCUT2D eigenvalue weighted by molar-refractivity contribution is 6.20. The highest BCUT2D eigenvalue weighted by Gasteiger charge is 2.61. The van der Waals surface area contributed by atoms with Gasteiger partial charge >= 0.3 is 0 Å². The molecule has 2 atom stereocenters. The molecule has 1 saturated carbocycles. The lowest BCUT2D eigenvalue weighted by atomic mass is 9.78. The van der Waals surface area contributed by atoms with Crippen molar-refractivity contribution in [1.29, 1.82) is 0 Å². The van der Waals surface area contributed by atoms with E-state index in [1.807, 2.05) is 18.7 Å². The molecule has 1 N–H and O–H groups in total. The molecule has 3 aliphatic heterocycles. The van der Waals surface area contributed by atoms with Gasteiger partial charge in [0.15, 0.2) is 0 Å². The van der Waals surface area contributed by atoms with E-state index in [9.17, 15) is 9.59 Å². The first-order chi connectivity index (χ1) is 13.8. The summed E-state index contributed by atoms with van der Waals surface area (Å²) in [6.07, 6.45) is 6.50. The van der Waals surface area contributed by atoms with Crippen molar-refractivity contribution in [3.63, 3.8) is 0 Å². The number of nitrogens with one attached hydrogen (secondary N) is 1. The van der Waals surface area contributed by atoms with Crippen molar-refractivity contribution >= 4 is 23.4 Å². The van der Waals surface area contributed by atoms with E-state index >= 15 is 0 Å². The summed E-state index contributed by atoms with van der Waals surface area (Å²) in [6, 6.07) is 0.950. The lowest BCUT2D eigenvalue weighted by Gasteiger charge is -2.61. The smallest absolute Gasteiger partial charge is 0.251 e. The van der Waals surface area contributed by atoms with Crippen LogP contribution >= 0.6 is 11.6 Å². The van der Waals surface area contributed by atoms with Gasteiger partial charge in [-0.15, -0.1) is 11.6 Å². The molecule has 4 rings (SSSR count). The molecule has 0 aromatic heterocycles. The number of carbonyl (C=O) groups is 2. The van der Waals surface area contributed by atoms with E-state index < -0.39 is 5.54 Å². The van der Waals surface area contributed by atoms with Crippen molar-refractivity contribution in [2.24, 2.45) is 5.92 Å². The molecule has 4 aliphatic rings. The highest BCUT2D eigenvalue weighted by Crippen LogP contribution is 2.39. The predicted molar refractivity (Wildman–Crippen MR) is 115 cm³/mol. The number of hydrogen-bond acceptors (Lipinski definition) is 4.